The number of ether oxygens (including phenoxy) is 1. The van der Waals surface area contributed by atoms with Crippen LogP contribution < -0.4 is 5.32 Å². The van der Waals surface area contributed by atoms with E-state index in [9.17, 15) is 19.1 Å². The van der Waals surface area contributed by atoms with E-state index in [1.54, 1.807) is 6.92 Å². The van der Waals surface area contributed by atoms with Gasteiger partial charge in [-0.25, -0.2) is 9.18 Å². The first-order chi connectivity index (χ1) is 8.04. The highest BCUT2D eigenvalue weighted by atomic mass is 19.1. The van der Waals surface area contributed by atoms with Gasteiger partial charge in [0.25, 0.3) is 5.91 Å². The second-order valence-electron chi connectivity index (χ2n) is 3.13. The molecule has 0 bridgehead atoms. The third kappa shape index (κ3) is 3.84. The van der Waals surface area contributed by atoms with Crippen molar-refractivity contribution in [1.29, 1.82) is 0 Å². The molecule has 0 aromatic heterocycles. The van der Waals surface area contributed by atoms with Crippen LogP contribution in [0.3, 0.4) is 0 Å². The fraction of sp³-hybridized carbons (Fsp3) is 0.273. The number of hydrogen-bond acceptors (Lipinski definition) is 4. The molecule has 1 amide bonds. The highest BCUT2D eigenvalue weighted by Crippen LogP contribution is 2.02. The highest BCUT2D eigenvalue weighted by molar-refractivity contribution is 5.96. The SMILES string of the molecule is CCOC(=O)C(O)NC(=O)c1ccc(F)cc1. The maximum absolute atomic E-state index is 12.6. The molecule has 0 aliphatic rings. The van der Waals surface area contributed by atoms with Crippen LogP contribution in [0.25, 0.3) is 0 Å². The second-order valence-corrected chi connectivity index (χ2v) is 3.13. The lowest BCUT2D eigenvalue weighted by molar-refractivity contribution is -0.154. The highest BCUT2D eigenvalue weighted by Gasteiger charge is 2.19. The molecule has 0 fully saturated rings. The summed E-state index contributed by atoms with van der Waals surface area (Å²) in [7, 11) is 0. The molecular formula is C11H12FNO4. The Hall–Kier alpha value is -1.95. The van der Waals surface area contributed by atoms with Gasteiger partial charge in [0, 0.05) is 5.56 Å². The van der Waals surface area contributed by atoms with Gasteiger partial charge in [0.05, 0.1) is 6.61 Å². The lowest BCUT2D eigenvalue weighted by Crippen LogP contribution is -2.41. The number of aliphatic hydroxyl groups excluding tert-OH is 1. The monoisotopic (exact) mass is 241 g/mol. The summed E-state index contributed by atoms with van der Waals surface area (Å²) in [4.78, 5) is 22.5. The van der Waals surface area contributed by atoms with Crippen molar-refractivity contribution in [2.45, 2.75) is 13.2 Å². The Morgan fingerprint density at radius 2 is 2.00 bits per heavy atom. The molecule has 1 aromatic rings. The fourth-order valence-corrected chi connectivity index (χ4v) is 1.09. The van der Waals surface area contributed by atoms with Crippen LogP contribution in [0.5, 0.6) is 0 Å². The van der Waals surface area contributed by atoms with Gasteiger partial charge in [0.1, 0.15) is 5.82 Å². The van der Waals surface area contributed by atoms with E-state index in [1.807, 2.05) is 5.32 Å². The van der Waals surface area contributed by atoms with Crippen LogP contribution in [0.15, 0.2) is 24.3 Å². The predicted molar refractivity (Wildman–Crippen MR) is 56.5 cm³/mol. The van der Waals surface area contributed by atoms with Gasteiger partial charge in [-0.3, -0.25) is 4.79 Å². The van der Waals surface area contributed by atoms with Crippen molar-refractivity contribution in [3.63, 3.8) is 0 Å². The van der Waals surface area contributed by atoms with Crippen molar-refractivity contribution in [2.75, 3.05) is 6.61 Å². The Morgan fingerprint density at radius 3 is 2.53 bits per heavy atom. The minimum Gasteiger partial charge on any atom is -0.463 e. The lowest BCUT2D eigenvalue weighted by Gasteiger charge is -2.11. The van der Waals surface area contributed by atoms with Gasteiger partial charge in [-0.2, -0.15) is 0 Å². The van der Waals surface area contributed by atoms with Crippen molar-refractivity contribution >= 4 is 11.9 Å². The Bertz CT molecular complexity index is 404. The first-order valence-corrected chi connectivity index (χ1v) is 4.95. The number of benzene rings is 1. The maximum Gasteiger partial charge on any atom is 0.356 e. The van der Waals surface area contributed by atoms with Crippen molar-refractivity contribution in [2.24, 2.45) is 0 Å². The predicted octanol–water partition coefficient (Wildman–Crippen LogP) is 0.437. The van der Waals surface area contributed by atoms with Crippen LogP contribution in [0.2, 0.25) is 0 Å². The molecular weight excluding hydrogens is 229 g/mol. The molecule has 0 radical (unpaired) electrons. The number of esters is 1. The quantitative estimate of drug-likeness (QED) is 0.592. The molecule has 17 heavy (non-hydrogen) atoms. The fourth-order valence-electron chi connectivity index (χ4n) is 1.09. The summed E-state index contributed by atoms with van der Waals surface area (Å²) < 4.78 is 17.1. The van der Waals surface area contributed by atoms with Crippen molar-refractivity contribution < 1.29 is 23.8 Å². The lowest BCUT2D eigenvalue weighted by atomic mass is 10.2. The average Bonchev–Trinajstić information content (AvgIpc) is 2.30. The molecule has 1 atom stereocenters. The van der Waals surface area contributed by atoms with E-state index in [1.165, 1.54) is 12.1 Å². The molecule has 0 saturated carbocycles. The standard InChI is InChI=1S/C11H12FNO4/c1-2-17-11(16)10(15)13-9(14)7-3-5-8(12)6-4-7/h3-6,10,15H,2H2,1H3,(H,13,14). The summed E-state index contributed by atoms with van der Waals surface area (Å²) in [5.74, 6) is -2.11. The molecule has 1 unspecified atom stereocenters. The molecule has 6 heteroatoms. The van der Waals surface area contributed by atoms with Crippen molar-refractivity contribution in [1.82, 2.24) is 5.32 Å². The van der Waals surface area contributed by atoms with E-state index in [0.29, 0.717) is 0 Å². The van der Waals surface area contributed by atoms with Crippen LogP contribution in [0.1, 0.15) is 17.3 Å². The normalized spacial score (nSPS) is 11.7. The average molecular weight is 241 g/mol. The van der Waals surface area contributed by atoms with Crippen LogP contribution in [0, 0.1) is 5.82 Å². The Balaban J connectivity index is 2.60. The zero-order chi connectivity index (χ0) is 12.8. The Labute approximate surface area is 97.2 Å². The molecule has 1 aromatic carbocycles. The molecule has 0 aliphatic carbocycles. The number of amides is 1. The molecule has 2 N–H and O–H groups in total. The summed E-state index contributed by atoms with van der Waals surface area (Å²) in [6.45, 7) is 1.68. The Morgan fingerprint density at radius 1 is 1.41 bits per heavy atom. The minimum absolute atomic E-state index is 0.0995. The van der Waals surface area contributed by atoms with Gasteiger partial charge in [-0.05, 0) is 31.2 Å². The molecule has 5 nitrogen and oxygen atoms in total. The maximum atomic E-state index is 12.6. The second kappa shape index (κ2) is 5.95. The molecule has 1 rings (SSSR count). The van der Waals surface area contributed by atoms with E-state index in [4.69, 9.17) is 0 Å². The molecule has 92 valence electrons. The number of hydrogen-bond donors (Lipinski definition) is 2. The number of nitrogens with one attached hydrogen (secondary N) is 1. The summed E-state index contributed by atoms with van der Waals surface area (Å²) in [6.07, 6.45) is -1.73. The van der Waals surface area contributed by atoms with Crippen LogP contribution in [0.4, 0.5) is 4.39 Å². The van der Waals surface area contributed by atoms with Gasteiger partial charge in [0.2, 0.25) is 6.23 Å². The van der Waals surface area contributed by atoms with Gasteiger partial charge in [-0.1, -0.05) is 0 Å². The van der Waals surface area contributed by atoms with Gasteiger partial charge < -0.3 is 15.2 Å². The summed E-state index contributed by atoms with van der Waals surface area (Å²) in [5, 5.41) is 11.3. The number of aliphatic hydroxyl groups is 1. The number of carbonyl (C=O) groups is 2. The van der Waals surface area contributed by atoms with Gasteiger partial charge in [-0.15, -0.1) is 0 Å². The van der Waals surface area contributed by atoms with E-state index >= 15 is 0 Å². The third-order valence-corrected chi connectivity index (χ3v) is 1.88. The first kappa shape index (κ1) is 13.1. The van der Waals surface area contributed by atoms with Gasteiger partial charge in [0.15, 0.2) is 0 Å². The van der Waals surface area contributed by atoms with E-state index in [-0.39, 0.29) is 12.2 Å². The van der Waals surface area contributed by atoms with Crippen molar-refractivity contribution in [3.8, 4) is 0 Å². The van der Waals surface area contributed by atoms with Crippen LogP contribution in [-0.2, 0) is 9.53 Å². The summed E-state index contributed by atoms with van der Waals surface area (Å²) in [5.41, 5.74) is 0.134. The van der Waals surface area contributed by atoms with Crippen molar-refractivity contribution in [3.05, 3.63) is 35.6 Å². The van der Waals surface area contributed by atoms with Gasteiger partial charge >= 0.3 is 5.97 Å². The minimum atomic E-state index is -1.73. The molecule has 0 spiro atoms. The van der Waals surface area contributed by atoms with E-state index < -0.39 is 23.9 Å². The molecule has 0 saturated heterocycles. The van der Waals surface area contributed by atoms with E-state index in [0.717, 1.165) is 12.1 Å². The zero-order valence-corrected chi connectivity index (χ0v) is 9.14. The molecule has 0 aliphatic heterocycles. The smallest absolute Gasteiger partial charge is 0.356 e. The topological polar surface area (TPSA) is 75.6 Å². The Kier molecular flexibility index (Phi) is 4.59. The number of rotatable bonds is 4. The largest absolute Gasteiger partial charge is 0.463 e. The summed E-state index contributed by atoms with van der Waals surface area (Å²) in [6, 6.07) is 4.68. The van der Waals surface area contributed by atoms with Crippen LogP contribution >= 0.6 is 0 Å². The molecule has 0 heterocycles. The number of halogens is 1. The first-order valence-electron chi connectivity index (χ1n) is 4.95. The van der Waals surface area contributed by atoms with E-state index in [2.05, 4.69) is 4.74 Å². The summed E-state index contributed by atoms with van der Waals surface area (Å²) >= 11 is 0. The zero-order valence-electron chi connectivity index (χ0n) is 9.14. The number of carbonyl (C=O) groups excluding carboxylic acids is 2. The third-order valence-electron chi connectivity index (χ3n) is 1.88. The van der Waals surface area contributed by atoms with Crippen LogP contribution in [-0.4, -0.2) is 29.8 Å².